The highest BCUT2D eigenvalue weighted by atomic mass is 16.5. The van der Waals surface area contributed by atoms with Crippen molar-refractivity contribution in [1.29, 1.82) is 0 Å². The van der Waals surface area contributed by atoms with Gasteiger partial charge < -0.3 is 14.8 Å². The van der Waals surface area contributed by atoms with Gasteiger partial charge in [0, 0.05) is 12.6 Å². The number of hydrogen-bond acceptors (Lipinski definition) is 3. The average molecular weight is 289 g/mol. The molecular weight excluding hydrogens is 262 g/mol. The molecule has 1 N–H and O–H groups in total. The minimum absolute atomic E-state index is 0.185. The lowest BCUT2D eigenvalue weighted by molar-refractivity contribution is -0.0978. The van der Waals surface area contributed by atoms with Gasteiger partial charge in [0.2, 0.25) is 0 Å². The molecule has 3 heteroatoms. The fraction of sp³-hybridized carbons (Fsp3) is 0.667. The first-order chi connectivity index (χ1) is 10.3. The second-order valence-corrected chi connectivity index (χ2v) is 6.53. The van der Waals surface area contributed by atoms with Crippen molar-refractivity contribution >= 4 is 0 Å². The Balaban J connectivity index is 1.75. The van der Waals surface area contributed by atoms with E-state index in [1.165, 1.54) is 37.7 Å². The smallest absolute Gasteiger partial charge is 0.118 e. The van der Waals surface area contributed by atoms with Gasteiger partial charge in [0.25, 0.3) is 0 Å². The van der Waals surface area contributed by atoms with Crippen molar-refractivity contribution in [3.05, 3.63) is 29.8 Å². The third-order valence-electron chi connectivity index (χ3n) is 5.30. The van der Waals surface area contributed by atoms with E-state index in [2.05, 4.69) is 36.6 Å². The first-order valence-electron chi connectivity index (χ1n) is 8.21. The van der Waals surface area contributed by atoms with E-state index in [1.54, 1.807) is 7.11 Å². The molecule has 1 aliphatic carbocycles. The summed E-state index contributed by atoms with van der Waals surface area (Å²) in [6.07, 6.45) is 7.52. The number of rotatable bonds is 4. The van der Waals surface area contributed by atoms with Crippen molar-refractivity contribution in [3.63, 3.8) is 0 Å². The van der Waals surface area contributed by atoms with Gasteiger partial charge in [-0.15, -0.1) is 0 Å². The summed E-state index contributed by atoms with van der Waals surface area (Å²) in [5, 5.41) is 3.54. The fourth-order valence-electron chi connectivity index (χ4n) is 4.20. The number of benzene rings is 1. The Morgan fingerprint density at radius 2 is 1.95 bits per heavy atom. The molecule has 116 valence electrons. The summed E-state index contributed by atoms with van der Waals surface area (Å²) in [4.78, 5) is 0. The maximum absolute atomic E-state index is 6.18. The Kier molecular flexibility index (Phi) is 4.51. The lowest BCUT2D eigenvalue weighted by Crippen LogP contribution is -2.41. The van der Waals surface area contributed by atoms with E-state index in [4.69, 9.17) is 9.47 Å². The Bertz CT molecular complexity index is 451. The van der Waals surface area contributed by atoms with Crippen LogP contribution in [0.4, 0.5) is 0 Å². The summed E-state index contributed by atoms with van der Waals surface area (Å²) in [6.45, 7) is 0.916. The van der Waals surface area contributed by atoms with Gasteiger partial charge in [-0.25, -0.2) is 0 Å². The van der Waals surface area contributed by atoms with Crippen LogP contribution >= 0.6 is 0 Å². The van der Waals surface area contributed by atoms with Crippen LogP contribution in [0.3, 0.4) is 0 Å². The second-order valence-electron chi connectivity index (χ2n) is 6.53. The van der Waals surface area contributed by atoms with Crippen molar-refractivity contribution in [2.45, 2.75) is 50.2 Å². The van der Waals surface area contributed by atoms with E-state index < -0.39 is 0 Å². The topological polar surface area (TPSA) is 30.5 Å². The van der Waals surface area contributed by atoms with Crippen LogP contribution < -0.4 is 10.1 Å². The van der Waals surface area contributed by atoms with Crippen LogP contribution in [0.25, 0.3) is 0 Å². The van der Waals surface area contributed by atoms with Gasteiger partial charge >= 0.3 is 0 Å². The lowest BCUT2D eigenvalue weighted by Gasteiger charge is -2.41. The van der Waals surface area contributed by atoms with E-state index in [0.717, 1.165) is 18.8 Å². The van der Waals surface area contributed by atoms with Crippen LogP contribution in [0.5, 0.6) is 5.75 Å². The molecule has 1 aromatic rings. The molecule has 2 unspecified atom stereocenters. The summed E-state index contributed by atoms with van der Waals surface area (Å²) in [6, 6.07) is 8.92. The minimum atomic E-state index is 0.185. The van der Waals surface area contributed by atoms with Gasteiger partial charge in [-0.05, 0) is 56.3 Å². The predicted octanol–water partition coefficient (Wildman–Crippen LogP) is 3.70. The highest BCUT2D eigenvalue weighted by Crippen LogP contribution is 2.45. The Hall–Kier alpha value is -1.06. The van der Waals surface area contributed by atoms with E-state index in [-0.39, 0.29) is 5.60 Å². The highest BCUT2D eigenvalue weighted by molar-refractivity contribution is 5.29. The van der Waals surface area contributed by atoms with Crippen molar-refractivity contribution in [2.24, 2.45) is 5.92 Å². The molecule has 1 saturated heterocycles. The van der Waals surface area contributed by atoms with Crippen LogP contribution in [0.15, 0.2) is 24.3 Å². The maximum Gasteiger partial charge on any atom is 0.118 e. The van der Waals surface area contributed by atoms with Crippen molar-refractivity contribution in [1.82, 2.24) is 5.32 Å². The largest absolute Gasteiger partial charge is 0.497 e. The molecule has 1 aliphatic heterocycles. The normalized spacial score (nSPS) is 25.9. The molecule has 1 saturated carbocycles. The first-order valence-corrected chi connectivity index (χ1v) is 8.21. The average Bonchev–Trinajstić information content (AvgIpc) is 2.96. The van der Waals surface area contributed by atoms with E-state index >= 15 is 0 Å². The summed E-state index contributed by atoms with van der Waals surface area (Å²) in [5.41, 5.74) is 1.54. The van der Waals surface area contributed by atoms with Crippen LogP contribution in [0.1, 0.15) is 50.1 Å². The Morgan fingerprint density at radius 1 is 1.24 bits per heavy atom. The van der Waals surface area contributed by atoms with Crippen molar-refractivity contribution in [3.8, 4) is 5.75 Å². The highest BCUT2D eigenvalue weighted by Gasteiger charge is 2.41. The number of ether oxygens (including phenoxy) is 2. The van der Waals surface area contributed by atoms with E-state index in [1.807, 2.05) is 0 Å². The molecule has 1 heterocycles. The fourth-order valence-corrected chi connectivity index (χ4v) is 4.20. The number of hydrogen-bond donors (Lipinski definition) is 1. The predicted molar refractivity (Wildman–Crippen MR) is 84.7 cm³/mol. The zero-order valence-corrected chi connectivity index (χ0v) is 13.2. The molecule has 0 aromatic heterocycles. The van der Waals surface area contributed by atoms with Gasteiger partial charge in [-0.3, -0.25) is 0 Å². The molecule has 3 nitrogen and oxygen atoms in total. The van der Waals surface area contributed by atoms with Crippen molar-refractivity contribution < 1.29 is 9.47 Å². The summed E-state index contributed by atoms with van der Waals surface area (Å²) >= 11 is 0. The molecule has 0 radical (unpaired) electrons. The van der Waals surface area contributed by atoms with Gasteiger partial charge in [-0.1, -0.05) is 25.0 Å². The maximum atomic E-state index is 6.18. The molecule has 0 amide bonds. The monoisotopic (exact) mass is 289 g/mol. The Morgan fingerprint density at radius 3 is 2.57 bits per heavy atom. The minimum Gasteiger partial charge on any atom is -0.497 e. The van der Waals surface area contributed by atoms with Crippen LogP contribution in [0, 0.1) is 5.92 Å². The van der Waals surface area contributed by atoms with Crippen LogP contribution in [0.2, 0.25) is 0 Å². The zero-order chi connectivity index (χ0) is 14.7. The quantitative estimate of drug-likeness (QED) is 0.917. The standard InChI is InChI=1S/C18H27NO2/c1-19-17(14-5-7-16(20-2)8-6-14)15-9-12-21-18(13-15)10-3-4-11-18/h5-8,15,17,19H,3-4,9-13H2,1-2H3. The number of methoxy groups -OCH3 is 1. The van der Waals surface area contributed by atoms with Gasteiger partial charge in [0.15, 0.2) is 0 Å². The van der Waals surface area contributed by atoms with Gasteiger partial charge in [0.05, 0.1) is 12.7 Å². The summed E-state index contributed by atoms with van der Waals surface area (Å²) in [7, 11) is 3.79. The third kappa shape index (κ3) is 3.09. The third-order valence-corrected chi connectivity index (χ3v) is 5.30. The molecule has 1 aromatic carbocycles. The molecule has 21 heavy (non-hydrogen) atoms. The SMILES string of the molecule is CNC(c1ccc(OC)cc1)C1CCOC2(CCCC2)C1. The molecule has 1 spiro atoms. The summed E-state index contributed by atoms with van der Waals surface area (Å²) in [5.74, 6) is 1.59. The molecule has 2 fully saturated rings. The summed E-state index contributed by atoms with van der Waals surface area (Å²) < 4.78 is 11.4. The molecule has 2 atom stereocenters. The Labute approximate surface area is 128 Å². The lowest BCUT2D eigenvalue weighted by atomic mass is 9.78. The molecule has 3 rings (SSSR count). The second kappa shape index (κ2) is 6.37. The van der Waals surface area contributed by atoms with Crippen LogP contribution in [-0.2, 0) is 4.74 Å². The van der Waals surface area contributed by atoms with Gasteiger partial charge in [-0.2, -0.15) is 0 Å². The molecule has 0 bridgehead atoms. The first kappa shape index (κ1) is 14.9. The van der Waals surface area contributed by atoms with E-state index in [0.29, 0.717) is 12.0 Å². The van der Waals surface area contributed by atoms with Gasteiger partial charge in [0.1, 0.15) is 5.75 Å². The zero-order valence-electron chi connectivity index (χ0n) is 13.2. The molecule has 2 aliphatic rings. The van der Waals surface area contributed by atoms with Crippen LogP contribution in [-0.4, -0.2) is 26.4 Å². The van der Waals surface area contributed by atoms with E-state index in [9.17, 15) is 0 Å². The number of nitrogens with one attached hydrogen (secondary N) is 1. The molecular formula is C18H27NO2. The van der Waals surface area contributed by atoms with Crippen molar-refractivity contribution in [2.75, 3.05) is 20.8 Å².